The van der Waals surface area contributed by atoms with E-state index in [0.717, 1.165) is 4.90 Å². The summed E-state index contributed by atoms with van der Waals surface area (Å²) < 4.78 is 4.62. The molecule has 104 valence electrons. The number of rotatable bonds is 4. The summed E-state index contributed by atoms with van der Waals surface area (Å²) in [5.74, 6) is -0.312. The number of halogens is 1. The van der Waals surface area contributed by atoms with Gasteiger partial charge in [0.1, 0.15) is 0 Å². The standard InChI is InChI=1S/C12H15ClN2O3S/c1-3-18-12(17)15-14-11(16)8(2)19-10-6-4-9(13)5-7-10/h4-8H,3H2,1-2H3,(H,14,16)(H,15,17). The first-order valence-electron chi connectivity index (χ1n) is 5.67. The molecule has 0 saturated heterocycles. The van der Waals surface area contributed by atoms with E-state index in [9.17, 15) is 9.59 Å². The highest BCUT2D eigenvalue weighted by atomic mass is 35.5. The minimum atomic E-state index is -0.681. The Labute approximate surface area is 121 Å². The zero-order valence-electron chi connectivity index (χ0n) is 10.6. The topological polar surface area (TPSA) is 67.4 Å². The average Bonchev–Trinajstić information content (AvgIpc) is 2.39. The van der Waals surface area contributed by atoms with Crippen LogP contribution in [-0.2, 0) is 9.53 Å². The predicted molar refractivity (Wildman–Crippen MR) is 75.1 cm³/mol. The number of hydrogen-bond acceptors (Lipinski definition) is 4. The van der Waals surface area contributed by atoms with E-state index in [0.29, 0.717) is 5.02 Å². The maximum absolute atomic E-state index is 11.7. The summed E-state index contributed by atoms with van der Waals surface area (Å²) in [4.78, 5) is 23.6. The van der Waals surface area contributed by atoms with Crippen LogP contribution in [0.15, 0.2) is 29.2 Å². The van der Waals surface area contributed by atoms with Gasteiger partial charge in [-0.25, -0.2) is 10.2 Å². The molecule has 1 atom stereocenters. The summed E-state index contributed by atoms with van der Waals surface area (Å²) in [5, 5.41) is 0.286. The lowest BCUT2D eigenvalue weighted by Crippen LogP contribution is -2.45. The van der Waals surface area contributed by atoms with E-state index in [1.54, 1.807) is 26.0 Å². The van der Waals surface area contributed by atoms with Gasteiger partial charge in [0.2, 0.25) is 0 Å². The number of carbonyl (C=O) groups excluding carboxylic acids is 2. The second kappa shape index (κ2) is 7.91. The van der Waals surface area contributed by atoms with E-state index < -0.39 is 6.09 Å². The summed E-state index contributed by atoms with van der Waals surface area (Å²) in [7, 11) is 0. The molecule has 0 aromatic heterocycles. The van der Waals surface area contributed by atoms with Gasteiger partial charge in [-0.2, -0.15) is 0 Å². The van der Waals surface area contributed by atoms with Gasteiger partial charge < -0.3 is 4.74 Å². The van der Waals surface area contributed by atoms with Crippen LogP contribution in [-0.4, -0.2) is 23.9 Å². The van der Waals surface area contributed by atoms with Crippen LogP contribution in [0.4, 0.5) is 4.79 Å². The second-order valence-corrected chi connectivity index (χ2v) is 5.40. The molecule has 1 unspecified atom stereocenters. The number of carbonyl (C=O) groups is 2. The zero-order valence-corrected chi connectivity index (χ0v) is 12.2. The van der Waals surface area contributed by atoms with Crippen LogP contribution in [0.1, 0.15) is 13.8 Å². The number of amides is 2. The third-order valence-corrected chi connectivity index (χ3v) is 3.42. The van der Waals surface area contributed by atoms with Gasteiger partial charge in [0, 0.05) is 9.92 Å². The second-order valence-electron chi connectivity index (χ2n) is 3.55. The number of hydrogen-bond donors (Lipinski definition) is 2. The fraction of sp³-hybridized carbons (Fsp3) is 0.333. The Morgan fingerprint density at radius 3 is 2.53 bits per heavy atom. The SMILES string of the molecule is CCOC(=O)NNC(=O)C(C)Sc1ccc(Cl)cc1. The Morgan fingerprint density at radius 1 is 1.32 bits per heavy atom. The highest BCUT2D eigenvalue weighted by Gasteiger charge is 2.15. The number of thioether (sulfide) groups is 1. The summed E-state index contributed by atoms with van der Waals surface area (Å²) in [6.07, 6.45) is -0.681. The zero-order chi connectivity index (χ0) is 14.3. The predicted octanol–water partition coefficient (Wildman–Crippen LogP) is 2.60. The lowest BCUT2D eigenvalue weighted by molar-refractivity contribution is -0.121. The van der Waals surface area contributed by atoms with Gasteiger partial charge in [-0.15, -0.1) is 11.8 Å². The first-order chi connectivity index (χ1) is 9.02. The van der Waals surface area contributed by atoms with Gasteiger partial charge in [0.15, 0.2) is 0 Å². The maximum atomic E-state index is 11.7. The Hall–Kier alpha value is -1.40. The molecule has 1 rings (SSSR count). The van der Waals surface area contributed by atoms with E-state index >= 15 is 0 Å². The molecule has 0 aliphatic rings. The Bertz CT molecular complexity index is 439. The molecule has 2 N–H and O–H groups in total. The van der Waals surface area contributed by atoms with Gasteiger partial charge in [-0.05, 0) is 38.1 Å². The number of benzene rings is 1. The van der Waals surface area contributed by atoms with Crippen molar-refractivity contribution in [1.29, 1.82) is 0 Å². The van der Waals surface area contributed by atoms with Crippen molar-refractivity contribution in [3.63, 3.8) is 0 Å². The third kappa shape index (κ3) is 5.85. The van der Waals surface area contributed by atoms with E-state index in [-0.39, 0.29) is 17.8 Å². The molecule has 19 heavy (non-hydrogen) atoms. The molecular weight excluding hydrogens is 288 g/mol. The fourth-order valence-electron chi connectivity index (χ4n) is 1.15. The van der Waals surface area contributed by atoms with Crippen LogP contribution < -0.4 is 10.9 Å². The average molecular weight is 303 g/mol. The minimum absolute atomic E-state index is 0.247. The number of hydrazine groups is 1. The van der Waals surface area contributed by atoms with E-state index in [4.69, 9.17) is 11.6 Å². The Kier molecular flexibility index (Phi) is 6.52. The van der Waals surface area contributed by atoms with Crippen molar-refractivity contribution in [2.75, 3.05) is 6.61 Å². The van der Waals surface area contributed by atoms with Crippen LogP contribution in [0, 0.1) is 0 Å². The molecule has 0 heterocycles. The molecule has 0 fully saturated rings. The fourth-order valence-corrected chi connectivity index (χ4v) is 2.15. The van der Waals surface area contributed by atoms with E-state index in [2.05, 4.69) is 15.6 Å². The van der Waals surface area contributed by atoms with Crippen molar-refractivity contribution in [3.05, 3.63) is 29.3 Å². The molecule has 1 aromatic carbocycles. The molecule has 5 nitrogen and oxygen atoms in total. The van der Waals surface area contributed by atoms with Gasteiger partial charge in [0.25, 0.3) is 5.91 Å². The van der Waals surface area contributed by atoms with Crippen molar-refractivity contribution in [3.8, 4) is 0 Å². The van der Waals surface area contributed by atoms with Crippen molar-refractivity contribution in [1.82, 2.24) is 10.9 Å². The van der Waals surface area contributed by atoms with Crippen LogP contribution in [0.5, 0.6) is 0 Å². The summed E-state index contributed by atoms with van der Waals surface area (Å²) in [6, 6.07) is 7.17. The molecule has 2 amide bonds. The van der Waals surface area contributed by atoms with E-state index in [1.165, 1.54) is 11.8 Å². The smallest absolute Gasteiger partial charge is 0.426 e. The van der Waals surface area contributed by atoms with Crippen molar-refractivity contribution in [2.45, 2.75) is 24.0 Å². The lowest BCUT2D eigenvalue weighted by Gasteiger charge is -2.12. The first-order valence-corrected chi connectivity index (χ1v) is 6.93. The molecular formula is C12H15ClN2O3S. The van der Waals surface area contributed by atoms with Gasteiger partial charge in [0.05, 0.1) is 11.9 Å². The monoisotopic (exact) mass is 302 g/mol. The summed E-state index contributed by atoms with van der Waals surface area (Å²) >= 11 is 7.14. The maximum Gasteiger partial charge on any atom is 0.426 e. The Morgan fingerprint density at radius 2 is 1.95 bits per heavy atom. The minimum Gasteiger partial charge on any atom is -0.449 e. The van der Waals surface area contributed by atoms with Crippen LogP contribution in [0.25, 0.3) is 0 Å². The molecule has 0 aliphatic carbocycles. The normalized spacial score (nSPS) is 11.5. The van der Waals surface area contributed by atoms with Crippen LogP contribution in [0.2, 0.25) is 5.02 Å². The third-order valence-electron chi connectivity index (χ3n) is 2.06. The Balaban J connectivity index is 2.40. The van der Waals surface area contributed by atoms with Crippen LogP contribution in [0.3, 0.4) is 0 Å². The summed E-state index contributed by atoms with van der Waals surface area (Å²) in [5.41, 5.74) is 4.45. The molecule has 0 bridgehead atoms. The lowest BCUT2D eigenvalue weighted by atomic mass is 10.4. The number of ether oxygens (including phenoxy) is 1. The first kappa shape index (κ1) is 15.7. The molecule has 1 aromatic rings. The summed E-state index contributed by atoms with van der Waals surface area (Å²) in [6.45, 7) is 3.67. The molecule has 0 radical (unpaired) electrons. The van der Waals surface area contributed by atoms with Gasteiger partial charge >= 0.3 is 6.09 Å². The van der Waals surface area contributed by atoms with Gasteiger partial charge in [-0.1, -0.05) is 11.6 Å². The van der Waals surface area contributed by atoms with Crippen LogP contribution >= 0.6 is 23.4 Å². The molecule has 0 saturated carbocycles. The van der Waals surface area contributed by atoms with E-state index in [1.807, 2.05) is 12.1 Å². The van der Waals surface area contributed by atoms with Gasteiger partial charge in [-0.3, -0.25) is 10.2 Å². The quantitative estimate of drug-likeness (QED) is 0.663. The highest BCUT2D eigenvalue weighted by molar-refractivity contribution is 8.00. The highest BCUT2D eigenvalue weighted by Crippen LogP contribution is 2.24. The molecule has 0 spiro atoms. The largest absolute Gasteiger partial charge is 0.449 e. The number of nitrogens with one attached hydrogen (secondary N) is 2. The van der Waals surface area contributed by atoms with Crippen molar-refractivity contribution >= 4 is 35.4 Å². The molecule has 0 aliphatic heterocycles. The molecule has 7 heteroatoms. The van der Waals surface area contributed by atoms with Crippen molar-refractivity contribution < 1.29 is 14.3 Å². The van der Waals surface area contributed by atoms with Crippen molar-refractivity contribution in [2.24, 2.45) is 0 Å².